The molecule has 3 aromatic rings. The quantitative estimate of drug-likeness (QED) is 0.465. The Morgan fingerprint density at radius 2 is 1.94 bits per heavy atom. The molecular formula is C25H26F3N5O2S. The molecule has 0 spiro atoms. The zero-order chi connectivity index (χ0) is 26.1. The second-order valence-electron chi connectivity index (χ2n) is 8.87. The number of nitrogens with one attached hydrogen (secondary N) is 2. The molecule has 1 unspecified atom stereocenters. The highest BCUT2D eigenvalue weighted by Crippen LogP contribution is 2.35. The number of rotatable bonds is 5. The van der Waals surface area contributed by atoms with Gasteiger partial charge in [0.1, 0.15) is 11.6 Å². The van der Waals surface area contributed by atoms with Crippen LogP contribution in [-0.4, -0.2) is 45.4 Å². The van der Waals surface area contributed by atoms with E-state index in [4.69, 9.17) is 4.78 Å². The fourth-order valence-corrected chi connectivity index (χ4v) is 4.92. The van der Waals surface area contributed by atoms with E-state index < -0.39 is 27.4 Å². The van der Waals surface area contributed by atoms with Gasteiger partial charge < -0.3 is 10.2 Å². The first-order valence-electron chi connectivity index (χ1n) is 11.3. The van der Waals surface area contributed by atoms with Gasteiger partial charge in [-0.25, -0.2) is 27.1 Å². The van der Waals surface area contributed by atoms with E-state index in [1.54, 1.807) is 24.0 Å². The highest BCUT2D eigenvalue weighted by Gasteiger charge is 2.33. The molecule has 36 heavy (non-hydrogen) atoms. The van der Waals surface area contributed by atoms with Crippen LogP contribution >= 0.6 is 0 Å². The molecule has 1 aliphatic rings. The number of amides is 1. The molecule has 3 heterocycles. The number of nitrogens with zero attached hydrogens (tertiary/aromatic N) is 3. The first kappa shape index (κ1) is 25.6. The number of pyridine rings is 2. The molecule has 1 amide bonds. The standard InChI is InChI=1S/C25H26F3N5O2S/c1-16-19(20-14-30-10-7-21(20)26)15-31-23(33-11-4-8-25(27,28)9-12-33)22(16)24(34)32-17-5-3-6-18(13-17)36(2,29)35/h3,5-7,10,13-15,29H,4,8-9,11-12H2,1-2H3,(H,32,34). The van der Waals surface area contributed by atoms with Crippen molar-refractivity contribution in [3.05, 3.63) is 65.9 Å². The number of anilines is 2. The highest BCUT2D eigenvalue weighted by atomic mass is 32.2. The van der Waals surface area contributed by atoms with Gasteiger partial charge in [-0.1, -0.05) is 6.07 Å². The molecule has 0 bridgehead atoms. The SMILES string of the molecule is Cc1c(-c2cnccc2F)cnc(N2CCCC(F)(F)CC2)c1C(=O)Nc1cccc(S(C)(=N)=O)c1. The van der Waals surface area contributed by atoms with Gasteiger partial charge in [-0.05, 0) is 43.2 Å². The Labute approximate surface area is 207 Å². The van der Waals surface area contributed by atoms with Crippen LogP contribution in [0.1, 0.15) is 35.2 Å². The first-order valence-corrected chi connectivity index (χ1v) is 13.3. The second-order valence-corrected chi connectivity index (χ2v) is 11.0. The zero-order valence-electron chi connectivity index (χ0n) is 19.9. The van der Waals surface area contributed by atoms with Crippen molar-refractivity contribution in [2.24, 2.45) is 0 Å². The fraction of sp³-hybridized carbons (Fsp3) is 0.320. The van der Waals surface area contributed by atoms with Gasteiger partial charge in [0.25, 0.3) is 5.91 Å². The van der Waals surface area contributed by atoms with Crippen LogP contribution in [0.25, 0.3) is 11.1 Å². The maximum Gasteiger partial charge on any atom is 0.259 e. The molecule has 2 aromatic heterocycles. The summed E-state index contributed by atoms with van der Waals surface area (Å²) in [6.07, 6.45) is 4.96. The third kappa shape index (κ3) is 5.51. The van der Waals surface area contributed by atoms with Gasteiger partial charge in [0, 0.05) is 72.5 Å². The van der Waals surface area contributed by atoms with E-state index in [9.17, 15) is 22.2 Å². The van der Waals surface area contributed by atoms with E-state index in [1.165, 1.54) is 43.0 Å². The zero-order valence-corrected chi connectivity index (χ0v) is 20.7. The molecule has 11 heteroatoms. The van der Waals surface area contributed by atoms with Crippen LogP contribution in [0.2, 0.25) is 0 Å². The average Bonchev–Trinajstić information content (AvgIpc) is 2.99. The molecule has 0 aliphatic carbocycles. The Balaban J connectivity index is 1.80. The number of hydrogen-bond donors (Lipinski definition) is 2. The summed E-state index contributed by atoms with van der Waals surface area (Å²) < 4.78 is 62.6. The van der Waals surface area contributed by atoms with Gasteiger partial charge >= 0.3 is 0 Å². The molecule has 190 valence electrons. The van der Waals surface area contributed by atoms with E-state index in [2.05, 4.69) is 15.3 Å². The Kier molecular flexibility index (Phi) is 7.03. The van der Waals surface area contributed by atoms with Crippen molar-refractivity contribution in [2.45, 2.75) is 37.0 Å². The van der Waals surface area contributed by atoms with Crippen LogP contribution in [-0.2, 0) is 9.73 Å². The summed E-state index contributed by atoms with van der Waals surface area (Å²) in [4.78, 5) is 23.9. The summed E-state index contributed by atoms with van der Waals surface area (Å²) in [5.41, 5.74) is 1.36. The summed E-state index contributed by atoms with van der Waals surface area (Å²) in [5.74, 6) is -3.69. The lowest BCUT2D eigenvalue weighted by atomic mass is 9.98. The van der Waals surface area contributed by atoms with E-state index in [0.29, 0.717) is 16.8 Å². The third-order valence-electron chi connectivity index (χ3n) is 6.16. The number of alkyl halides is 2. The van der Waals surface area contributed by atoms with Crippen LogP contribution in [0.5, 0.6) is 0 Å². The van der Waals surface area contributed by atoms with E-state index in [-0.39, 0.29) is 54.2 Å². The Morgan fingerprint density at radius 1 is 1.17 bits per heavy atom. The summed E-state index contributed by atoms with van der Waals surface area (Å²) >= 11 is 0. The summed E-state index contributed by atoms with van der Waals surface area (Å²) in [6, 6.07) is 7.35. The van der Waals surface area contributed by atoms with Crippen LogP contribution in [0, 0.1) is 17.5 Å². The maximum atomic E-state index is 14.6. The number of halogens is 3. The minimum absolute atomic E-state index is 0.00649. The Bertz CT molecular complexity index is 1410. The predicted octanol–water partition coefficient (Wildman–Crippen LogP) is 5.50. The number of carbonyl (C=O) groups is 1. The third-order valence-corrected chi connectivity index (χ3v) is 7.32. The largest absolute Gasteiger partial charge is 0.356 e. The van der Waals surface area contributed by atoms with E-state index >= 15 is 0 Å². The van der Waals surface area contributed by atoms with Gasteiger partial charge in [0.2, 0.25) is 5.92 Å². The Hall–Kier alpha value is -3.47. The summed E-state index contributed by atoms with van der Waals surface area (Å²) in [6.45, 7) is 1.94. The molecule has 1 aliphatic heterocycles. The Morgan fingerprint density at radius 3 is 2.67 bits per heavy atom. The lowest BCUT2D eigenvalue weighted by molar-refractivity contribution is -0.0102. The van der Waals surface area contributed by atoms with Crippen LogP contribution in [0.3, 0.4) is 0 Å². The molecular weight excluding hydrogens is 491 g/mol. The van der Waals surface area contributed by atoms with Crippen molar-refractivity contribution in [2.75, 3.05) is 29.6 Å². The molecule has 1 aromatic carbocycles. The van der Waals surface area contributed by atoms with E-state index in [0.717, 1.165) is 0 Å². The molecule has 0 radical (unpaired) electrons. The monoisotopic (exact) mass is 517 g/mol. The number of carbonyl (C=O) groups excluding carboxylic acids is 1. The fourth-order valence-electron chi connectivity index (χ4n) is 4.23. The van der Waals surface area contributed by atoms with Crippen molar-refractivity contribution >= 4 is 27.1 Å². The second kappa shape index (κ2) is 9.88. The minimum atomic E-state index is -3.01. The minimum Gasteiger partial charge on any atom is -0.356 e. The van der Waals surface area contributed by atoms with Crippen molar-refractivity contribution in [1.82, 2.24) is 9.97 Å². The lowest BCUT2D eigenvalue weighted by Crippen LogP contribution is -2.30. The normalized spacial score (nSPS) is 17.2. The molecule has 1 saturated heterocycles. The maximum absolute atomic E-state index is 14.6. The predicted molar refractivity (Wildman–Crippen MR) is 133 cm³/mol. The molecule has 2 N–H and O–H groups in total. The van der Waals surface area contributed by atoms with Gasteiger partial charge in [-0.15, -0.1) is 0 Å². The smallest absolute Gasteiger partial charge is 0.259 e. The van der Waals surface area contributed by atoms with Crippen molar-refractivity contribution in [3.8, 4) is 11.1 Å². The first-order chi connectivity index (χ1) is 17.0. The van der Waals surface area contributed by atoms with Crippen molar-refractivity contribution in [3.63, 3.8) is 0 Å². The number of benzene rings is 1. The molecule has 7 nitrogen and oxygen atoms in total. The van der Waals surface area contributed by atoms with E-state index in [1.807, 2.05) is 0 Å². The van der Waals surface area contributed by atoms with Crippen molar-refractivity contribution in [1.29, 1.82) is 4.78 Å². The van der Waals surface area contributed by atoms with Gasteiger partial charge in [0.05, 0.1) is 15.3 Å². The van der Waals surface area contributed by atoms with Gasteiger partial charge in [-0.3, -0.25) is 9.78 Å². The average molecular weight is 518 g/mol. The van der Waals surface area contributed by atoms with Crippen LogP contribution in [0.15, 0.2) is 53.8 Å². The highest BCUT2D eigenvalue weighted by molar-refractivity contribution is 7.91. The molecule has 1 fully saturated rings. The van der Waals surface area contributed by atoms with Crippen molar-refractivity contribution < 1.29 is 22.2 Å². The molecule has 1 atom stereocenters. The number of hydrogen-bond acceptors (Lipinski definition) is 6. The summed E-state index contributed by atoms with van der Waals surface area (Å²) in [5, 5.41) is 2.74. The molecule has 4 rings (SSSR count). The van der Waals surface area contributed by atoms with Crippen LogP contribution < -0.4 is 10.2 Å². The topological polar surface area (TPSA) is 99.0 Å². The van der Waals surface area contributed by atoms with Gasteiger partial charge in [-0.2, -0.15) is 0 Å². The number of aromatic nitrogens is 2. The lowest BCUT2D eigenvalue weighted by Gasteiger charge is -2.26. The summed E-state index contributed by atoms with van der Waals surface area (Å²) in [7, 11) is -3.01. The van der Waals surface area contributed by atoms with Crippen LogP contribution in [0.4, 0.5) is 24.7 Å². The van der Waals surface area contributed by atoms with Gasteiger partial charge in [0.15, 0.2) is 0 Å². The molecule has 0 saturated carbocycles.